The predicted molar refractivity (Wildman–Crippen MR) is 107 cm³/mol. The summed E-state index contributed by atoms with van der Waals surface area (Å²) in [6.07, 6.45) is 7.85. The molecule has 1 fully saturated rings. The van der Waals surface area contributed by atoms with E-state index in [0.717, 1.165) is 42.1 Å². The molecule has 0 aliphatic heterocycles. The number of nitrogens with zero attached hydrogens (tertiary/aromatic N) is 4. The molecule has 2 aromatic heterocycles. The molecule has 2 N–H and O–H groups in total. The SMILES string of the molecule is Cc1c(C(=O)NC2(C(=O)O)CCCCCC2)nnn1-c1cccc2cnccc12. The average molecular weight is 393 g/mol. The largest absolute Gasteiger partial charge is 0.480 e. The molecule has 8 nitrogen and oxygen atoms in total. The van der Waals surface area contributed by atoms with Gasteiger partial charge in [-0.05, 0) is 31.9 Å². The third kappa shape index (κ3) is 3.46. The highest BCUT2D eigenvalue weighted by atomic mass is 16.4. The van der Waals surface area contributed by atoms with Crippen LogP contribution in [0, 0.1) is 6.92 Å². The number of carboxylic acid groups (broad SMARTS) is 1. The maximum absolute atomic E-state index is 13.0. The number of nitrogens with one attached hydrogen (secondary N) is 1. The van der Waals surface area contributed by atoms with Crippen molar-refractivity contribution in [2.24, 2.45) is 0 Å². The Morgan fingerprint density at radius 1 is 1.14 bits per heavy atom. The van der Waals surface area contributed by atoms with Crippen LogP contribution in [0.2, 0.25) is 0 Å². The molecule has 3 aromatic rings. The Morgan fingerprint density at radius 3 is 2.62 bits per heavy atom. The number of benzene rings is 1. The zero-order valence-electron chi connectivity index (χ0n) is 16.3. The van der Waals surface area contributed by atoms with Crippen molar-refractivity contribution in [1.29, 1.82) is 0 Å². The minimum absolute atomic E-state index is 0.140. The van der Waals surface area contributed by atoms with Crippen LogP contribution in [0.4, 0.5) is 0 Å². The van der Waals surface area contributed by atoms with Gasteiger partial charge in [0.1, 0.15) is 5.54 Å². The van der Waals surface area contributed by atoms with Crippen LogP contribution in [-0.4, -0.2) is 42.5 Å². The summed E-state index contributed by atoms with van der Waals surface area (Å²) < 4.78 is 1.61. The number of pyridine rings is 1. The maximum atomic E-state index is 13.0. The highest BCUT2D eigenvalue weighted by Gasteiger charge is 2.41. The molecule has 0 radical (unpaired) electrons. The molecule has 0 saturated heterocycles. The fraction of sp³-hybridized carbons (Fsp3) is 0.381. The number of carbonyl (C=O) groups excluding carboxylic acids is 1. The van der Waals surface area contributed by atoms with Crippen LogP contribution in [0.3, 0.4) is 0 Å². The molecule has 0 atom stereocenters. The van der Waals surface area contributed by atoms with Crippen molar-refractivity contribution in [3.05, 3.63) is 48.0 Å². The van der Waals surface area contributed by atoms with E-state index >= 15 is 0 Å². The fourth-order valence-corrected chi connectivity index (χ4v) is 4.06. The first-order chi connectivity index (χ1) is 14.0. The number of aliphatic carboxylic acids is 1. The molecule has 0 bridgehead atoms. The molecule has 150 valence electrons. The second kappa shape index (κ2) is 7.62. The van der Waals surface area contributed by atoms with E-state index in [1.165, 1.54) is 0 Å². The monoisotopic (exact) mass is 393 g/mol. The van der Waals surface area contributed by atoms with Gasteiger partial charge in [0.15, 0.2) is 5.69 Å². The second-order valence-electron chi connectivity index (χ2n) is 7.56. The third-order valence-electron chi connectivity index (χ3n) is 5.71. The van der Waals surface area contributed by atoms with Gasteiger partial charge in [0.2, 0.25) is 0 Å². The van der Waals surface area contributed by atoms with Gasteiger partial charge in [0.25, 0.3) is 5.91 Å². The molecule has 0 unspecified atom stereocenters. The average Bonchev–Trinajstić information content (AvgIpc) is 2.94. The Kier molecular flexibility index (Phi) is 5.00. The summed E-state index contributed by atoms with van der Waals surface area (Å²) >= 11 is 0. The van der Waals surface area contributed by atoms with E-state index in [-0.39, 0.29) is 5.69 Å². The molecule has 0 spiro atoms. The lowest BCUT2D eigenvalue weighted by Crippen LogP contribution is -2.54. The van der Waals surface area contributed by atoms with Crippen molar-refractivity contribution in [2.75, 3.05) is 0 Å². The number of aromatic nitrogens is 4. The van der Waals surface area contributed by atoms with Gasteiger partial charge in [-0.25, -0.2) is 9.48 Å². The van der Waals surface area contributed by atoms with Crippen LogP contribution in [0.25, 0.3) is 16.5 Å². The van der Waals surface area contributed by atoms with Gasteiger partial charge < -0.3 is 10.4 Å². The molecule has 8 heteroatoms. The van der Waals surface area contributed by atoms with Crippen molar-refractivity contribution >= 4 is 22.6 Å². The second-order valence-corrected chi connectivity index (χ2v) is 7.56. The summed E-state index contributed by atoms with van der Waals surface area (Å²) in [5.74, 6) is -1.49. The standard InChI is InChI=1S/C21H23N5O3/c1-14-18(19(27)23-21(20(28)29)10-4-2-3-5-11-21)24-25-26(14)17-8-6-7-15-13-22-12-9-16(15)17/h6-9,12-13H,2-5,10-11H2,1H3,(H,23,27)(H,28,29). The first-order valence-corrected chi connectivity index (χ1v) is 9.83. The fourth-order valence-electron chi connectivity index (χ4n) is 4.06. The summed E-state index contributed by atoms with van der Waals surface area (Å²) in [6.45, 7) is 1.76. The Morgan fingerprint density at radius 2 is 1.90 bits per heavy atom. The molecule has 29 heavy (non-hydrogen) atoms. The van der Waals surface area contributed by atoms with Gasteiger partial charge in [-0.1, -0.05) is 43.0 Å². The van der Waals surface area contributed by atoms with Crippen molar-refractivity contribution in [2.45, 2.75) is 51.0 Å². The number of hydrogen-bond donors (Lipinski definition) is 2. The first-order valence-electron chi connectivity index (χ1n) is 9.83. The van der Waals surface area contributed by atoms with Crippen molar-refractivity contribution in [3.63, 3.8) is 0 Å². The first kappa shape index (κ1) is 19.0. The smallest absolute Gasteiger partial charge is 0.329 e. The minimum Gasteiger partial charge on any atom is -0.480 e. The number of hydrogen-bond acceptors (Lipinski definition) is 5. The number of amides is 1. The van der Waals surface area contributed by atoms with Gasteiger partial charge in [0.05, 0.1) is 11.4 Å². The van der Waals surface area contributed by atoms with Crippen LogP contribution in [0.1, 0.15) is 54.7 Å². The number of fused-ring (bicyclic) bond motifs is 1. The van der Waals surface area contributed by atoms with Gasteiger partial charge in [-0.15, -0.1) is 5.10 Å². The summed E-state index contributed by atoms with van der Waals surface area (Å²) in [4.78, 5) is 29.1. The zero-order valence-corrected chi connectivity index (χ0v) is 16.3. The van der Waals surface area contributed by atoms with Crippen molar-refractivity contribution in [1.82, 2.24) is 25.3 Å². The lowest BCUT2D eigenvalue weighted by atomic mass is 9.90. The van der Waals surface area contributed by atoms with Crippen LogP contribution in [-0.2, 0) is 4.79 Å². The van der Waals surface area contributed by atoms with E-state index in [1.807, 2.05) is 24.3 Å². The molecule has 4 rings (SSSR count). The summed E-state index contributed by atoms with van der Waals surface area (Å²) in [5.41, 5.74) is 0.243. The van der Waals surface area contributed by atoms with Crippen LogP contribution in [0.15, 0.2) is 36.7 Å². The lowest BCUT2D eigenvalue weighted by molar-refractivity contribution is -0.145. The van der Waals surface area contributed by atoms with Gasteiger partial charge in [-0.3, -0.25) is 9.78 Å². The normalized spacial score (nSPS) is 16.3. The highest BCUT2D eigenvalue weighted by Crippen LogP contribution is 2.28. The van der Waals surface area contributed by atoms with Crippen LogP contribution >= 0.6 is 0 Å². The maximum Gasteiger partial charge on any atom is 0.329 e. The number of rotatable bonds is 4. The summed E-state index contributed by atoms with van der Waals surface area (Å²) in [6, 6.07) is 7.63. The molecular formula is C21H23N5O3. The Hall–Kier alpha value is -3.29. The highest BCUT2D eigenvalue weighted by molar-refractivity contribution is 5.97. The molecule has 1 amide bonds. The number of carboxylic acids is 1. The topological polar surface area (TPSA) is 110 Å². The van der Waals surface area contributed by atoms with Crippen LogP contribution in [0.5, 0.6) is 0 Å². The molecule has 2 heterocycles. The van der Waals surface area contributed by atoms with E-state index in [4.69, 9.17) is 0 Å². The molecule has 1 saturated carbocycles. The number of carbonyl (C=O) groups is 2. The lowest BCUT2D eigenvalue weighted by Gasteiger charge is -2.28. The van der Waals surface area contributed by atoms with Gasteiger partial charge in [0, 0.05) is 23.2 Å². The van der Waals surface area contributed by atoms with E-state index in [9.17, 15) is 14.7 Å². The van der Waals surface area contributed by atoms with Gasteiger partial charge >= 0.3 is 5.97 Å². The Labute approximate surface area is 167 Å². The van der Waals surface area contributed by atoms with E-state index in [2.05, 4.69) is 20.6 Å². The quantitative estimate of drug-likeness (QED) is 0.659. The Bertz CT molecular complexity index is 1060. The zero-order chi connectivity index (χ0) is 20.4. The van der Waals surface area contributed by atoms with E-state index in [0.29, 0.717) is 18.5 Å². The molecular weight excluding hydrogens is 370 g/mol. The Balaban J connectivity index is 1.67. The van der Waals surface area contributed by atoms with E-state index in [1.54, 1.807) is 24.0 Å². The van der Waals surface area contributed by atoms with Crippen LogP contribution < -0.4 is 5.32 Å². The minimum atomic E-state index is -1.24. The van der Waals surface area contributed by atoms with Gasteiger partial charge in [-0.2, -0.15) is 0 Å². The molecule has 1 aromatic carbocycles. The van der Waals surface area contributed by atoms with Crippen molar-refractivity contribution in [3.8, 4) is 5.69 Å². The molecule has 1 aliphatic rings. The molecule has 1 aliphatic carbocycles. The predicted octanol–water partition coefficient (Wildman–Crippen LogP) is 3.03. The summed E-state index contributed by atoms with van der Waals surface area (Å²) in [7, 11) is 0. The van der Waals surface area contributed by atoms with E-state index < -0.39 is 17.4 Å². The summed E-state index contributed by atoms with van der Waals surface area (Å²) in [5, 5.41) is 22.7. The van der Waals surface area contributed by atoms with Crippen molar-refractivity contribution < 1.29 is 14.7 Å². The third-order valence-corrected chi connectivity index (χ3v) is 5.71.